The van der Waals surface area contributed by atoms with E-state index in [4.69, 9.17) is 9.47 Å². The van der Waals surface area contributed by atoms with Crippen molar-refractivity contribution in [1.82, 2.24) is 0 Å². The highest BCUT2D eigenvalue weighted by atomic mass is 16.7. The smallest absolute Gasteiger partial charge is 0.157 e. The van der Waals surface area contributed by atoms with Crippen molar-refractivity contribution < 1.29 is 9.47 Å². The molecule has 0 aromatic rings. The van der Waals surface area contributed by atoms with Crippen molar-refractivity contribution in [1.29, 1.82) is 0 Å². The summed E-state index contributed by atoms with van der Waals surface area (Å²) in [5.74, 6) is 5.62. The van der Waals surface area contributed by atoms with Gasteiger partial charge < -0.3 is 9.47 Å². The average Bonchev–Trinajstić information content (AvgIpc) is 2.19. The van der Waals surface area contributed by atoms with E-state index < -0.39 is 0 Å². The summed E-state index contributed by atoms with van der Waals surface area (Å²) >= 11 is 0. The first-order valence-electron chi connectivity index (χ1n) is 4.74. The maximum atomic E-state index is 5.45. The van der Waals surface area contributed by atoms with Crippen LogP contribution in [-0.4, -0.2) is 19.5 Å². The van der Waals surface area contributed by atoms with Gasteiger partial charge in [0, 0.05) is 6.61 Å². The van der Waals surface area contributed by atoms with E-state index in [1.165, 1.54) is 6.42 Å². The maximum absolute atomic E-state index is 5.45. The molecule has 1 aliphatic rings. The Kier molecular flexibility index (Phi) is 5.31. The van der Waals surface area contributed by atoms with Gasteiger partial charge >= 0.3 is 0 Å². The van der Waals surface area contributed by atoms with E-state index in [-0.39, 0.29) is 6.29 Å². The van der Waals surface area contributed by atoms with Gasteiger partial charge in [0.2, 0.25) is 0 Å². The first-order chi connectivity index (χ1) is 6.43. The molecule has 1 atom stereocenters. The summed E-state index contributed by atoms with van der Waals surface area (Å²) in [7, 11) is 0. The summed E-state index contributed by atoms with van der Waals surface area (Å²) < 4.78 is 10.8. The third-order valence-corrected chi connectivity index (χ3v) is 1.86. The molecule has 0 aliphatic carbocycles. The van der Waals surface area contributed by atoms with Crippen LogP contribution in [0.3, 0.4) is 0 Å². The monoisotopic (exact) mass is 180 g/mol. The molecule has 1 saturated heterocycles. The molecule has 2 heteroatoms. The number of ether oxygens (including phenoxy) is 2. The summed E-state index contributed by atoms with van der Waals surface area (Å²) in [6, 6.07) is 0. The Morgan fingerprint density at radius 1 is 1.54 bits per heavy atom. The van der Waals surface area contributed by atoms with Crippen molar-refractivity contribution in [3.63, 3.8) is 0 Å². The standard InChI is InChI=1S/C11H16O2/c1-2-3-4-6-9-12-11-8-5-7-10-13-11/h4,6,11H,5,7-10H2,1H3/b6-4+. The van der Waals surface area contributed by atoms with Crippen LogP contribution in [0, 0.1) is 11.8 Å². The lowest BCUT2D eigenvalue weighted by Gasteiger charge is -2.21. The molecular weight excluding hydrogens is 164 g/mol. The molecule has 0 amide bonds. The molecule has 13 heavy (non-hydrogen) atoms. The number of allylic oxidation sites excluding steroid dienone is 1. The minimum Gasteiger partial charge on any atom is -0.353 e. The Morgan fingerprint density at radius 2 is 2.46 bits per heavy atom. The average molecular weight is 180 g/mol. The second-order valence-electron chi connectivity index (χ2n) is 2.93. The Labute approximate surface area is 79.9 Å². The second kappa shape index (κ2) is 6.71. The second-order valence-corrected chi connectivity index (χ2v) is 2.93. The molecule has 0 aromatic carbocycles. The number of rotatable bonds is 3. The third-order valence-electron chi connectivity index (χ3n) is 1.86. The molecule has 2 nitrogen and oxygen atoms in total. The highest BCUT2D eigenvalue weighted by Gasteiger charge is 2.12. The third kappa shape index (κ3) is 4.72. The van der Waals surface area contributed by atoms with Gasteiger partial charge in [0.15, 0.2) is 6.29 Å². The van der Waals surface area contributed by atoms with Crippen LogP contribution in [0.2, 0.25) is 0 Å². The van der Waals surface area contributed by atoms with E-state index in [1.54, 1.807) is 0 Å². The Hall–Kier alpha value is -0.780. The zero-order valence-electron chi connectivity index (χ0n) is 8.08. The Bertz CT molecular complexity index is 204. The van der Waals surface area contributed by atoms with Crippen molar-refractivity contribution in [2.45, 2.75) is 32.5 Å². The molecule has 1 heterocycles. The first-order valence-corrected chi connectivity index (χ1v) is 4.74. The normalized spacial score (nSPS) is 22.7. The van der Waals surface area contributed by atoms with Crippen LogP contribution in [0.4, 0.5) is 0 Å². The predicted molar refractivity (Wildman–Crippen MR) is 52.1 cm³/mol. The summed E-state index contributed by atoms with van der Waals surface area (Å²) in [5.41, 5.74) is 0. The molecule has 0 radical (unpaired) electrons. The van der Waals surface area contributed by atoms with Gasteiger partial charge in [-0.05, 0) is 32.3 Å². The van der Waals surface area contributed by atoms with Gasteiger partial charge in [-0.25, -0.2) is 0 Å². The molecule has 1 rings (SSSR count). The van der Waals surface area contributed by atoms with E-state index in [9.17, 15) is 0 Å². The summed E-state index contributed by atoms with van der Waals surface area (Å²) in [5, 5.41) is 0. The van der Waals surface area contributed by atoms with Gasteiger partial charge in [-0.2, -0.15) is 0 Å². The minimum absolute atomic E-state index is 0.00739. The summed E-state index contributed by atoms with van der Waals surface area (Å²) in [6.45, 7) is 3.25. The van der Waals surface area contributed by atoms with Gasteiger partial charge in [-0.15, -0.1) is 5.92 Å². The fraction of sp³-hybridized carbons (Fsp3) is 0.636. The molecule has 1 unspecified atom stereocenters. The maximum Gasteiger partial charge on any atom is 0.157 e. The van der Waals surface area contributed by atoms with E-state index in [2.05, 4.69) is 11.8 Å². The van der Waals surface area contributed by atoms with E-state index in [0.29, 0.717) is 6.61 Å². The van der Waals surface area contributed by atoms with Crippen LogP contribution in [0.5, 0.6) is 0 Å². The highest BCUT2D eigenvalue weighted by Crippen LogP contribution is 2.13. The minimum atomic E-state index is 0.00739. The lowest BCUT2D eigenvalue weighted by molar-refractivity contribution is -0.155. The summed E-state index contributed by atoms with van der Waals surface area (Å²) in [4.78, 5) is 0. The molecular formula is C11H16O2. The van der Waals surface area contributed by atoms with Gasteiger partial charge in [0.1, 0.15) is 0 Å². The SMILES string of the molecule is CC#C/C=C/COC1CCCCO1. The molecule has 0 saturated carbocycles. The van der Waals surface area contributed by atoms with Crippen LogP contribution in [0.15, 0.2) is 12.2 Å². The lowest BCUT2D eigenvalue weighted by Crippen LogP contribution is -2.22. The van der Waals surface area contributed by atoms with Gasteiger partial charge in [-0.1, -0.05) is 12.0 Å². The van der Waals surface area contributed by atoms with Crippen molar-refractivity contribution in [2.75, 3.05) is 13.2 Å². The van der Waals surface area contributed by atoms with E-state index in [1.807, 2.05) is 19.1 Å². The van der Waals surface area contributed by atoms with Crippen molar-refractivity contribution in [3.05, 3.63) is 12.2 Å². The van der Waals surface area contributed by atoms with Crippen molar-refractivity contribution in [2.24, 2.45) is 0 Å². The van der Waals surface area contributed by atoms with Crippen LogP contribution in [0.25, 0.3) is 0 Å². The molecule has 0 aromatic heterocycles. The molecule has 1 aliphatic heterocycles. The largest absolute Gasteiger partial charge is 0.353 e. The Balaban J connectivity index is 2.06. The van der Waals surface area contributed by atoms with Crippen LogP contribution >= 0.6 is 0 Å². The fourth-order valence-electron chi connectivity index (χ4n) is 1.20. The zero-order valence-corrected chi connectivity index (χ0v) is 8.08. The van der Waals surface area contributed by atoms with Gasteiger partial charge in [0.25, 0.3) is 0 Å². The van der Waals surface area contributed by atoms with Crippen LogP contribution in [0.1, 0.15) is 26.2 Å². The van der Waals surface area contributed by atoms with Crippen molar-refractivity contribution in [3.8, 4) is 11.8 Å². The Morgan fingerprint density at radius 3 is 3.15 bits per heavy atom. The van der Waals surface area contributed by atoms with E-state index in [0.717, 1.165) is 19.4 Å². The topological polar surface area (TPSA) is 18.5 Å². The summed E-state index contributed by atoms with van der Waals surface area (Å²) in [6.07, 6.45) is 7.12. The molecule has 1 fully saturated rings. The first kappa shape index (κ1) is 10.3. The van der Waals surface area contributed by atoms with Gasteiger partial charge in [-0.3, -0.25) is 0 Å². The fourth-order valence-corrected chi connectivity index (χ4v) is 1.20. The number of hydrogen-bond donors (Lipinski definition) is 0. The van der Waals surface area contributed by atoms with Crippen molar-refractivity contribution >= 4 is 0 Å². The van der Waals surface area contributed by atoms with E-state index >= 15 is 0 Å². The molecule has 72 valence electrons. The van der Waals surface area contributed by atoms with Crippen LogP contribution < -0.4 is 0 Å². The molecule has 0 spiro atoms. The molecule has 0 bridgehead atoms. The number of hydrogen-bond acceptors (Lipinski definition) is 2. The lowest BCUT2D eigenvalue weighted by atomic mass is 10.2. The van der Waals surface area contributed by atoms with Crippen LogP contribution in [-0.2, 0) is 9.47 Å². The quantitative estimate of drug-likeness (QED) is 0.619. The van der Waals surface area contributed by atoms with Gasteiger partial charge in [0.05, 0.1) is 6.61 Å². The highest BCUT2D eigenvalue weighted by molar-refractivity contribution is 5.13. The molecule has 0 N–H and O–H groups in total. The zero-order chi connectivity index (χ0) is 9.36. The predicted octanol–water partition coefficient (Wildman–Crippen LogP) is 2.11.